The third-order valence-corrected chi connectivity index (χ3v) is 4.24. The molecule has 0 bridgehead atoms. The topological polar surface area (TPSA) is 95.7 Å². The molecule has 0 radical (unpaired) electrons. The van der Waals surface area contributed by atoms with E-state index in [0.29, 0.717) is 5.56 Å². The Hall–Kier alpha value is -2.21. The third-order valence-electron chi connectivity index (χ3n) is 4.24. The molecular formula is C24H37NO5. The summed E-state index contributed by atoms with van der Waals surface area (Å²) < 4.78 is 11.0. The number of hydrogen-bond acceptors (Lipinski definition) is 6. The maximum Gasteiger partial charge on any atom is 0.311 e. The molecule has 168 valence electrons. The molecule has 0 aliphatic heterocycles. The van der Waals surface area contributed by atoms with Gasteiger partial charge in [-0.15, -0.1) is 0 Å². The molecule has 0 aliphatic carbocycles. The van der Waals surface area contributed by atoms with Crippen LogP contribution in [0.3, 0.4) is 0 Å². The zero-order chi connectivity index (χ0) is 23.5. The van der Waals surface area contributed by atoms with Crippen molar-refractivity contribution in [1.29, 1.82) is 0 Å². The largest absolute Gasteiger partial charge is 0.422 e. The molecule has 6 nitrogen and oxygen atoms in total. The second-order valence-corrected chi connectivity index (χ2v) is 11.3. The summed E-state index contributed by atoms with van der Waals surface area (Å²) in [4.78, 5) is 37.5. The Bertz CT molecular complexity index is 791. The minimum atomic E-state index is -0.732. The highest BCUT2D eigenvalue weighted by Gasteiger charge is 2.29. The van der Waals surface area contributed by atoms with Crippen molar-refractivity contribution in [2.45, 2.75) is 81.2 Å². The average molecular weight is 420 g/mol. The molecule has 1 aromatic rings. The van der Waals surface area contributed by atoms with Crippen molar-refractivity contribution in [3.05, 3.63) is 23.8 Å². The molecule has 6 heteroatoms. The summed E-state index contributed by atoms with van der Waals surface area (Å²) in [6, 6.07) is 3.70. The van der Waals surface area contributed by atoms with Gasteiger partial charge < -0.3 is 15.2 Å². The van der Waals surface area contributed by atoms with Gasteiger partial charge in [0.2, 0.25) is 0 Å². The number of esters is 2. The van der Waals surface area contributed by atoms with E-state index in [-0.39, 0.29) is 41.0 Å². The number of ether oxygens (including phenoxy) is 2. The monoisotopic (exact) mass is 419 g/mol. The van der Waals surface area contributed by atoms with Gasteiger partial charge in [-0.1, -0.05) is 62.3 Å². The van der Waals surface area contributed by atoms with Crippen molar-refractivity contribution in [3.8, 4) is 11.5 Å². The van der Waals surface area contributed by atoms with Crippen LogP contribution in [0.25, 0.3) is 0 Å². The Morgan fingerprint density at radius 3 is 1.63 bits per heavy atom. The summed E-state index contributed by atoms with van der Waals surface area (Å²) in [5.41, 5.74) is 5.44. The molecule has 0 fully saturated rings. The number of Topliss-reactive ketones (excluding diaryl/α,β-unsaturated/α-hetero) is 1. The van der Waals surface area contributed by atoms with Gasteiger partial charge in [0.05, 0.1) is 18.9 Å². The Morgan fingerprint density at radius 2 is 1.23 bits per heavy atom. The first-order valence-electron chi connectivity index (χ1n) is 10.2. The van der Waals surface area contributed by atoms with Crippen molar-refractivity contribution in [3.63, 3.8) is 0 Å². The highest BCUT2D eigenvalue weighted by Crippen LogP contribution is 2.33. The van der Waals surface area contributed by atoms with Gasteiger partial charge in [0, 0.05) is 5.56 Å². The van der Waals surface area contributed by atoms with E-state index in [1.807, 2.05) is 62.3 Å². The highest BCUT2D eigenvalue weighted by atomic mass is 16.6. The van der Waals surface area contributed by atoms with E-state index in [0.717, 1.165) is 0 Å². The molecule has 2 N–H and O–H groups in total. The predicted molar refractivity (Wildman–Crippen MR) is 118 cm³/mol. The SMILES string of the molecule is CC(C)(C)CC(=O)Oc1ccc(C(=O)C(N)C(C)(C)C)cc1OC(=O)CC(C)(C)C. The number of carbonyl (C=O) groups is 3. The zero-order valence-electron chi connectivity index (χ0n) is 19.8. The molecule has 1 rings (SSSR count). The van der Waals surface area contributed by atoms with Crippen LogP contribution in [0, 0.1) is 16.2 Å². The number of benzene rings is 1. The number of rotatable bonds is 6. The molecule has 0 amide bonds. The van der Waals surface area contributed by atoms with Crippen LogP contribution in [0.2, 0.25) is 0 Å². The van der Waals surface area contributed by atoms with Crippen LogP contribution >= 0.6 is 0 Å². The van der Waals surface area contributed by atoms with E-state index < -0.39 is 23.4 Å². The molecule has 0 saturated heterocycles. The average Bonchev–Trinajstić information content (AvgIpc) is 2.50. The van der Waals surface area contributed by atoms with Crippen molar-refractivity contribution >= 4 is 17.7 Å². The molecular weight excluding hydrogens is 382 g/mol. The molecule has 0 saturated carbocycles. The summed E-state index contributed by atoms with van der Waals surface area (Å²) in [7, 11) is 0. The van der Waals surface area contributed by atoms with E-state index in [1.165, 1.54) is 18.2 Å². The molecule has 1 atom stereocenters. The van der Waals surface area contributed by atoms with Gasteiger partial charge in [-0.2, -0.15) is 0 Å². The molecule has 1 aromatic carbocycles. The van der Waals surface area contributed by atoms with E-state index in [1.54, 1.807) is 0 Å². The first kappa shape index (κ1) is 25.8. The lowest BCUT2D eigenvalue weighted by Gasteiger charge is -2.26. The zero-order valence-corrected chi connectivity index (χ0v) is 19.8. The predicted octanol–water partition coefficient (Wildman–Crippen LogP) is 4.93. The van der Waals surface area contributed by atoms with Gasteiger partial charge in [-0.3, -0.25) is 14.4 Å². The van der Waals surface area contributed by atoms with E-state index in [2.05, 4.69) is 0 Å². The molecule has 0 aliphatic rings. The quantitative estimate of drug-likeness (QED) is 0.399. The minimum absolute atomic E-state index is 0.0402. The summed E-state index contributed by atoms with van der Waals surface area (Å²) >= 11 is 0. The van der Waals surface area contributed by atoms with Crippen LogP contribution < -0.4 is 15.2 Å². The summed E-state index contributed by atoms with van der Waals surface area (Å²) in [5, 5.41) is 0. The van der Waals surface area contributed by atoms with Crippen molar-refractivity contribution in [2.24, 2.45) is 22.0 Å². The van der Waals surface area contributed by atoms with Crippen LogP contribution in [-0.4, -0.2) is 23.8 Å². The standard InChI is InChI=1S/C24H37NO5/c1-22(2,3)13-18(26)29-16-11-10-15(20(28)21(25)24(7,8)9)12-17(16)30-19(27)14-23(4,5)6/h10-12,21H,13-14,25H2,1-9H3. The van der Waals surface area contributed by atoms with E-state index in [4.69, 9.17) is 15.2 Å². The van der Waals surface area contributed by atoms with Gasteiger partial charge in [-0.25, -0.2) is 0 Å². The van der Waals surface area contributed by atoms with Crippen molar-refractivity contribution < 1.29 is 23.9 Å². The fourth-order valence-electron chi connectivity index (χ4n) is 2.58. The summed E-state index contributed by atoms with van der Waals surface area (Å²) in [6.45, 7) is 17.2. The van der Waals surface area contributed by atoms with Crippen molar-refractivity contribution in [1.82, 2.24) is 0 Å². The van der Waals surface area contributed by atoms with Crippen LogP contribution in [0.15, 0.2) is 18.2 Å². The molecule has 0 aromatic heterocycles. The second kappa shape index (κ2) is 9.29. The molecule has 0 spiro atoms. The van der Waals surface area contributed by atoms with E-state index in [9.17, 15) is 14.4 Å². The lowest BCUT2D eigenvalue weighted by molar-refractivity contribution is -0.139. The highest BCUT2D eigenvalue weighted by molar-refractivity contribution is 6.01. The van der Waals surface area contributed by atoms with Gasteiger partial charge >= 0.3 is 11.9 Å². The van der Waals surface area contributed by atoms with Crippen LogP contribution in [0.1, 0.15) is 85.5 Å². The van der Waals surface area contributed by atoms with Crippen LogP contribution in [-0.2, 0) is 9.59 Å². The molecule has 0 heterocycles. The maximum atomic E-state index is 12.8. The normalized spacial score (nSPS) is 13.5. The van der Waals surface area contributed by atoms with Gasteiger partial charge in [-0.05, 0) is 34.4 Å². The van der Waals surface area contributed by atoms with Gasteiger partial charge in [0.25, 0.3) is 0 Å². The molecule has 30 heavy (non-hydrogen) atoms. The Morgan fingerprint density at radius 1 is 0.800 bits per heavy atom. The Labute approximate surface area is 180 Å². The van der Waals surface area contributed by atoms with Crippen molar-refractivity contribution in [2.75, 3.05) is 0 Å². The van der Waals surface area contributed by atoms with Crippen LogP contribution in [0.4, 0.5) is 0 Å². The maximum absolute atomic E-state index is 12.8. The number of carbonyl (C=O) groups excluding carboxylic acids is 3. The third kappa shape index (κ3) is 8.66. The first-order valence-corrected chi connectivity index (χ1v) is 10.2. The minimum Gasteiger partial charge on any atom is -0.422 e. The fraction of sp³-hybridized carbons (Fsp3) is 0.625. The fourth-order valence-corrected chi connectivity index (χ4v) is 2.58. The lowest BCUT2D eigenvalue weighted by Crippen LogP contribution is -2.42. The van der Waals surface area contributed by atoms with Gasteiger partial charge in [0.15, 0.2) is 17.3 Å². The smallest absolute Gasteiger partial charge is 0.311 e. The Balaban J connectivity index is 3.25. The lowest BCUT2D eigenvalue weighted by atomic mass is 9.83. The van der Waals surface area contributed by atoms with E-state index >= 15 is 0 Å². The first-order chi connectivity index (χ1) is 13.4. The Kier molecular flexibility index (Phi) is 8.00. The number of ketones is 1. The molecule has 1 unspecified atom stereocenters. The number of nitrogens with two attached hydrogens (primary N) is 1. The van der Waals surface area contributed by atoms with Gasteiger partial charge in [0.1, 0.15) is 0 Å². The summed E-state index contributed by atoms with van der Waals surface area (Å²) in [6.07, 6.45) is 0.361. The number of hydrogen-bond donors (Lipinski definition) is 1. The van der Waals surface area contributed by atoms with Crippen LogP contribution in [0.5, 0.6) is 11.5 Å². The summed E-state index contributed by atoms with van der Waals surface area (Å²) in [5.74, 6) is -1.05. The second-order valence-electron chi connectivity index (χ2n) is 11.3.